The van der Waals surface area contributed by atoms with E-state index in [0.29, 0.717) is 31.3 Å². The van der Waals surface area contributed by atoms with Gasteiger partial charge in [-0.15, -0.1) is 0 Å². The van der Waals surface area contributed by atoms with E-state index in [9.17, 15) is 24.3 Å². The van der Waals surface area contributed by atoms with Gasteiger partial charge in [-0.3, -0.25) is 14.4 Å². The Morgan fingerprint density at radius 2 is 1.81 bits per heavy atom. The number of fused-ring (bicyclic) bond motifs is 5. The zero-order chi connectivity index (χ0) is 39.2. The van der Waals surface area contributed by atoms with Crippen LogP contribution in [0, 0.1) is 28.6 Å². The molecule has 4 N–H and O–H groups in total. The summed E-state index contributed by atoms with van der Waals surface area (Å²) in [6.07, 6.45) is 4.94. The summed E-state index contributed by atoms with van der Waals surface area (Å²) in [6, 6.07) is 11.2. The molecule has 2 aromatic rings. The first-order valence-electron chi connectivity index (χ1n) is 18.6. The molecule has 0 spiro atoms. The third-order valence-corrected chi connectivity index (χ3v) is 13.2. The number of rotatable bonds is 12. The van der Waals surface area contributed by atoms with Crippen LogP contribution in [-0.4, -0.2) is 79.9 Å². The van der Waals surface area contributed by atoms with Crippen molar-refractivity contribution in [1.29, 1.82) is 0 Å². The summed E-state index contributed by atoms with van der Waals surface area (Å²) in [7, 11) is 4.21. The molecule has 3 fully saturated rings. The van der Waals surface area contributed by atoms with Crippen molar-refractivity contribution in [3.05, 3.63) is 77.4 Å². The van der Waals surface area contributed by atoms with Gasteiger partial charge in [0.15, 0.2) is 18.1 Å². The number of carbonyl (C=O) groups excluding carboxylic acids is 4. The monoisotopic (exact) mass is 746 g/mol. The van der Waals surface area contributed by atoms with Gasteiger partial charge in [0.05, 0.1) is 32.1 Å². The Labute approximate surface area is 315 Å². The van der Waals surface area contributed by atoms with Gasteiger partial charge in [-0.05, 0) is 75.0 Å². The molecule has 0 bridgehead atoms. The first kappa shape index (κ1) is 39.3. The summed E-state index contributed by atoms with van der Waals surface area (Å²) in [6.45, 7) is 4.87. The minimum absolute atomic E-state index is 0.0188. The lowest BCUT2D eigenvalue weighted by atomic mass is 9.43. The number of nitrogens with one attached hydrogen (secondary N) is 1. The topological polar surface area (TPSA) is 163 Å². The molecule has 54 heavy (non-hydrogen) atoms. The SMILES string of the molecule is CC[C@]12C[C@H](O)[C@@]3(F)[C@@H](CCC4=CC(=O)C=C[C@@]43C)C1C[C@@H](C)[C@]2(OC)C(=O)COC(=O)c1c(NC(=O)[C@@H](N)Cc2ccccc2)cc(OC)cc1OC. The molecular formula is C42H51FN2O9. The average Bonchev–Trinajstić information content (AvgIpc) is 3.42. The summed E-state index contributed by atoms with van der Waals surface area (Å²) in [5.74, 6) is -3.29. The van der Waals surface area contributed by atoms with E-state index in [4.69, 9.17) is 24.7 Å². The number of hydrogen-bond acceptors (Lipinski definition) is 10. The average molecular weight is 747 g/mol. The number of amides is 1. The summed E-state index contributed by atoms with van der Waals surface area (Å²) in [5, 5.41) is 14.6. The number of halogens is 1. The van der Waals surface area contributed by atoms with Gasteiger partial charge in [-0.2, -0.15) is 0 Å². The van der Waals surface area contributed by atoms with Gasteiger partial charge < -0.3 is 35.1 Å². The van der Waals surface area contributed by atoms with Gasteiger partial charge in [0, 0.05) is 36.0 Å². The first-order valence-corrected chi connectivity index (χ1v) is 18.6. The maximum Gasteiger partial charge on any atom is 0.344 e. The van der Waals surface area contributed by atoms with Crippen LogP contribution in [0.15, 0.2) is 66.3 Å². The maximum absolute atomic E-state index is 17.8. The Bertz CT molecular complexity index is 1880. The van der Waals surface area contributed by atoms with Crippen molar-refractivity contribution in [3.8, 4) is 11.5 Å². The molecule has 1 amide bonds. The molecule has 3 saturated carbocycles. The number of nitrogens with two attached hydrogens (primary N) is 1. The Morgan fingerprint density at radius 3 is 2.46 bits per heavy atom. The van der Waals surface area contributed by atoms with Gasteiger partial charge in [-0.25, -0.2) is 9.18 Å². The summed E-state index contributed by atoms with van der Waals surface area (Å²) >= 11 is 0. The molecule has 11 nitrogen and oxygen atoms in total. The number of esters is 1. The number of Topliss-reactive ketones (excluding diaryl/α,β-unsaturated/α-hetero) is 1. The standard InChI is InChI=1S/C42H51FN2O9/c1-7-40-22-34(47)41(43)29(14-13-26-19-27(46)15-16-39(26,41)3)30(40)17-24(2)42(40,53-6)35(48)23-54-38(50)36-32(20-28(51-4)21-33(36)52-5)45-37(49)31(44)18-25-11-9-8-10-12-25/h8-12,15-16,19-21,24,29-31,34,47H,7,13-14,17-18,22-23,44H2,1-6H3,(H,45,49)/t24-,29+,30?,31+,34+,39+,40+,41+,42+/m1/s1. The summed E-state index contributed by atoms with van der Waals surface area (Å²) in [4.78, 5) is 54.2. The molecular weight excluding hydrogens is 695 g/mol. The highest BCUT2D eigenvalue weighted by atomic mass is 19.1. The van der Waals surface area contributed by atoms with Crippen LogP contribution in [0.5, 0.6) is 11.5 Å². The van der Waals surface area contributed by atoms with Gasteiger partial charge in [0.2, 0.25) is 11.7 Å². The number of ether oxygens (including phenoxy) is 4. The number of alkyl halides is 1. The van der Waals surface area contributed by atoms with Crippen molar-refractivity contribution < 1.29 is 47.6 Å². The molecule has 0 radical (unpaired) electrons. The highest BCUT2D eigenvalue weighted by Crippen LogP contribution is 2.72. The van der Waals surface area contributed by atoms with E-state index >= 15 is 4.39 Å². The zero-order valence-corrected chi connectivity index (χ0v) is 31.8. The fraction of sp³-hybridized carbons (Fsp3) is 0.524. The quantitative estimate of drug-likeness (QED) is 0.242. The minimum Gasteiger partial charge on any atom is -0.497 e. The number of benzene rings is 2. The summed E-state index contributed by atoms with van der Waals surface area (Å²) in [5.41, 5.74) is 1.89. The number of methoxy groups -OCH3 is 3. The molecule has 6 rings (SSSR count). The van der Waals surface area contributed by atoms with Crippen molar-refractivity contribution in [2.45, 2.75) is 82.7 Å². The normalized spacial score (nSPS) is 33.1. The number of carbonyl (C=O) groups is 4. The Hall–Kier alpha value is -4.39. The second-order valence-electron chi connectivity index (χ2n) is 15.5. The van der Waals surface area contributed by atoms with Gasteiger partial charge in [0.25, 0.3) is 0 Å². The Kier molecular flexibility index (Phi) is 10.7. The smallest absolute Gasteiger partial charge is 0.344 e. The van der Waals surface area contributed by atoms with Crippen molar-refractivity contribution in [1.82, 2.24) is 0 Å². The predicted molar refractivity (Wildman–Crippen MR) is 199 cm³/mol. The second-order valence-corrected chi connectivity index (χ2v) is 15.5. The Morgan fingerprint density at radius 1 is 1.09 bits per heavy atom. The molecule has 9 atom stereocenters. The van der Waals surface area contributed by atoms with Gasteiger partial charge in [0.1, 0.15) is 22.7 Å². The minimum atomic E-state index is -2.08. The van der Waals surface area contributed by atoms with E-state index in [1.807, 2.05) is 44.2 Å². The molecule has 4 aliphatic rings. The molecule has 1 unspecified atom stereocenters. The van der Waals surface area contributed by atoms with Crippen LogP contribution in [-0.2, 0) is 30.3 Å². The second kappa shape index (κ2) is 14.7. The van der Waals surface area contributed by atoms with Crippen LogP contribution >= 0.6 is 0 Å². The number of anilines is 1. The van der Waals surface area contributed by atoms with E-state index in [0.717, 1.165) is 5.56 Å². The highest BCUT2D eigenvalue weighted by molar-refractivity contribution is 6.06. The van der Waals surface area contributed by atoms with Crippen molar-refractivity contribution in [2.75, 3.05) is 33.3 Å². The Balaban J connectivity index is 1.28. The van der Waals surface area contributed by atoms with Crippen LogP contribution in [0.1, 0.15) is 68.8 Å². The number of allylic oxidation sites excluding steroid dienone is 4. The predicted octanol–water partition coefficient (Wildman–Crippen LogP) is 5.33. The first-order chi connectivity index (χ1) is 25.7. The van der Waals surface area contributed by atoms with Crippen molar-refractivity contribution in [2.24, 2.45) is 34.3 Å². The van der Waals surface area contributed by atoms with Crippen LogP contribution in [0.3, 0.4) is 0 Å². The maximum atomic E-state index is 17.8. The van der Waals surface area contributed by atoms with Crippen molar-refractivity contribution in [3.63, 3.8) is 0 Å². The lowest BCUT2D eigenvalue weighted by Crippen LogP contribution is -2.70. The molecule has 0 aromatic heterocycles. The lowest BCUT2D eigenvalue weighted by molar-refractivity contribution is -0.230. The zero-order valence-electron chi connectivity index (χ0n) is 31.8. The number of aliphatic hydroxyl groups is 1. The van der Waals surface area contributed by atoms with E-state index in [1.54, 1.807) is 13.0 Å². The van der Waals surface area contributed by atoms with Crippen LogP contribution in [0.2, 0.25) is 0 Å². The molecule has 290 valence electrons. The van der Waals surface area contributed by atoms with Crippen LogP contribution < -0.4 is 20.5 Å². The largest absolute Gasteiger partial charge is 0.497 e. The third-order valence-electron chi connectivity index (χ3n) is 13.2. The van der Waals surface area contributed by atoms with E-state index in [1.165, 1.54) is 45.6 Å². The fourth-order valence-corrected chi connectivity index (χ4v) is 10.7. The molecule has 0 heterocycles. The van der Waals surface area contributed by atoms with E-state index in [-0.39, 0.29) is 47.3 Å². The van der Waals surface area contributed by atoms with Crippen LogP contribution in [0.4, 0.5) is 10.1 Å². The molecule has 12 heteroatoms. The molecule has 0 aliphatic heterocycles. The lowest BCUT2D eigenvalue weighted by Gasteiger charge is -2.63. The van der Waals surface area contributed by atoms with Gasteiger partial charge in [-0.1, -0.05) is 55.8 Å². The molecule has 2 aromatic carbocycles. The number of ketones is 2. The van der Waals surface area contributed by atoms with E-state index in [2.05, 4.69) is 5.32 Å². The highest BCUT2D eigenvalue weighted by Gasteiger charge is 2.77. The molecule has 0 saturated heterocycles. The summed E-state index contributed by atoms with van der Waals surface area (Å²) < 4.78 is 40.7. The van der Waals surface area contributed by atoms with E-state index < -0.39 is 70.3 Å². The fourth-order valence-electron chi connectivity index (χ4n) is 10.7. The van der Waals surface area contributed by atoms with Crippen molar-refractivity contribution >= 4 is 29.1 Å². The van der Waals surface area contributed by atoms with Crippen LogP contribution in [0.25, 0.3) is 0 Å². The number of hydrogen-bond donors (Lipinski definition) is 3. The number of aliphatic hydroxyl groups excluding tert-OH is 1. The molecule has 4 aliphatic carbocycles. The third kappa shape index (κ3) is 5.88. The van der Waals surface area contributed by atoms with Gasteiger partial charge >= 0.3 is 5.97 Å².